The summed E-state index contributed by atoms with van der Waals surface area (Å²) in [6.07, 6.45) is 0. The fourth-order valence-electron chi connectivity index (χ4n) is 2.20. The predicted molar refractivity (Wildman–Crippen MR) is 92.9 cm³/mol. The summed E-state index contributed by atoms with van der Waals surface area (Å²) in [4.78, 5) is 24.0. The summed E-state index contributed by atoms with van der Waals surface area (Å²) in [6.45, 7) is 4.02. The molecule has 4 nitrogen and oxygen atoms in total. The van der Waals surface area contributed by atoms with E-state index >= 15 is 0 Å². The number of para-hydroxylation sites is 1. The second-order valence-corrected chi connectivity index (χ2v) is 5.92. The lowest BCUT2D eigenvalue weighted by Crippen LogP contribution is -2.33. The van der Waals surface area contributed by atoms with Crippen LogP contribution in [0.15, 0.2) is 48.5 Å². The highest BCUT2D eigenvalue weighted by molar-refractivity contribution is 6.31. The van der Waals surface area contributed by atoms with Gasteiger partial charge in [0, 0.05) is 16.3 Å². The van der Waals surface area contributed by atoms with Gasteiger partial charge in [-0.2, -0.15) is 0 Å². The van der Waals surface area contributed by atoms with E-state index in [1.165, 1.54) is 0 Å². The average molecular weight is 331 g/mol. The van der Waals surface area contributed by atoms with Crippen molar-refractivity contribution >= 4 is 29.1 Å². The summed E-state index contributed by atoms with van der Waals surface area (Å²) in [6, 6.07) is 14.2. The number of nitrogens with one attached hydrogen (secondary N) is 2. The first-order chi connectivity index (χ1) is 11.0. The molecular formula is C18H19ClN2O2. The first-order valence-corrected chi connectivity index (χ1v) is 7.77. The van der Waals surface area contributed by atoms with Crippen LogP contribution in [0.3, 0.4) is 0 Å². The largest absolute Gasteiger partial charge is 0.343 e. The zero-order chi connectivity index (χ0) is 16.8. The van der Waals surface area contributed by atoms with Crippen molar-refractivity contribution < 1.29 is 9.59 Å². The molecule has 2 rings (SSSR count). The molecule has 0 aliphatic rings. The van der Waals surface area contributed by atoms with Crippen molar-refractivity contribution in [1.29, 1.82) is 0 Å². The molecule has 0 fully saturated rings. The molecule has 0 spiro atoms. The van der Waals surface area contributed by atoms with Gasteiger partial charge in [-0.15, -0.1) is 0 Å². The monoisotopic (exact) mass is 330 g/mol. The number of carbonyl (C=O) groups is 2. The summed E-state index contributed by atoms with van der Waals surface area (Å²) in [5.74, 6) is -0.305. The van der Waals surface area contributed by atoms with Gasteiger partial charge in [-0.3, -0.25) is 9.59 Å². The van der Waals surface area contributed by atoms with Crippen LogP contribution in [0.5, 0.6) is 0 Å². The third-order valence-corrected chi connectivity index (χ3v) is 3.59. The first-order valence-electron chi connectivity index (χ1n) is 7.40. The maximum atomic E-state index is 12.0. The Bertz CT molecular complexity index is 714. The normalized spacial score (nSPS) is 10.4. The predicted octanol–water partition coefficient (Wildman–Crippen LogP) is 3.83. The molecule has 23 heavy (non-hydrogen) atoms. The molecule has 0 atom stereocenters. The lowest BCUT2D eigenvalue weighted by molar-refractivity contribution is -0.115. The van der Waals surface area contributed by atoms with E-state index in [-0.39, 0.29) is 18.4 Å². The van der Waals surface area contributed by atoms with Gasteiger partial charge in [0.1, 0.15) is 0 Å². The Morgan fingerprint density at radius 3 is 2.52 bits per heavy atom. The molecule has 0 bridgehead atoms. The molecule has 120 valence electrons. The van der Waals surface area contributed by atoms with Gasteiger partial charge in [-0.1, -0.05) is 49.7 Å². The topological polar surface area (TPSA) is 58.2 Å². The zero-order valence-corrected chi connectivity index (χ0v) is 13.9. The minimum Gasteiger partial charge on any atom is -0.343 e. The Labute approximate surface area is 140 Å². The van der Waals surface area contributed by atoms with Crippen molar-refractivity contribution in [2.45, 2.75) is 19.8 Å². The van der Waals surface area contributed by atoms with E-state index in [4.69, 9.17) is 11.6 Å². The number of rotatable bonds is 5. The molecule has 0 saturated heterocycles. The van der Waals surface area contributed by atoms with Crippen molar-refractivity contribution in [3.8, 4) is 0 Å². The van der Waals surface area contributed by atoms with Crippen molar-refractivity contribution in [1.82, 2.24) is 5.32 Å². The SMILES string of the molecule is CC(C)c1ccccc1NC(=O)CNC(=O)c1cccc(Cl)c1. The molecule has 2 amide bonds. The molecule has 2 aromatic carbocycles. The van der Waals surface area contributed by atoms with Crippen LogP contribution in [0.2, 0.25) is 5.02 Å². The maximum absolute atomic E-state index is 12.0. The summed E-state index contributed by atoms with van der Waals surface area (Å²) < 4.78 is 0. The summed E-state index contributed by atoms with van der Waals surface area (Å²) in [5.41, 5.74) is 2.25. The second-order valence-electron chi connectivity index (χ2n) is 5.48. The Balaban J connectivity index is 1.94. The standard InChI is InChI=1S/C18H19ClN2O2/c1-12(2)15-8-3-4-9-16(15)21-17(22)11-20-18(23)13-6-5-7-14(19)10-13/h3-10,12H,11H2,1-2H3,(H,20,23)(H,21,22). The summed E-state index contributed by atoms with van der Waals surface area (Å²) >= 11 is 5.85. The van der Waals surface area contributed by atoms with Gasteiger partial charge in [-0.05, 0) is 35.7 Å². The molecule has 0 radical (unpaired) electrons. The van der Waals surface area contributed by atoms with Crippen LogP contribution < -0.4 is 10.6 Å². The Morgan fingerprint density at radius 1 is 1.09 bits per heavy atom. The number of anilines is 1. The van der Waals surface area contributed by atoms with Crippen molar-refractivity contribution in [2.75, 3.05) is 11.9 Å². The molecule has 0 aliphatic heterocycles. The number of halogens is 1. The van der Waals surface area contributed by atoms with Crippen molar-refractivity contribution in [3.63, 3.8) is 0 Å². The molecule has 0 unspecified atom stereocenters. The van der Waals surface area contributed by atoms with Gasteiger partial charge in [0.25, 0.3) is 5.91 Å². The van der Waals surface area contributed by atoms with E-state index in [9.17, 15) is 9.59 Å². The van der Waals surface area contributed by atoms with Crippen LogP contribution in [-0.2, 0) is 4.79 Å². The third-order valence-electron chi connectivity index (χ3n) is 3.35. The fourth-order valence-corrected chi connectivity index (χ4v) is 2.39. The number of carbonyl (C=O) groups excluding carboxylic acids is 2. The van der Waals surface area contributed by atoms with Gasteiger partial charge in [0.05, 0.1) is 6.54 Å². The Kier molecular flexibility index (Phi) is 5.77. The minimum atomic E-state index is -0.334. The molecular weight excluding hydrogens is 312 g/mol. The highest BCUT2D eigenvalue weighted by Crippen LogP contribution is 2.23. The molecule has 2 N–H and O–H groups in total. The molecule has 0 aliphatic carbocycles. The second kappa shape index (κ2) is 7.79. The smallest absolute Gasteiger partial charge is 0.251 e. The summed E-state index contributed by atoms with van der Waals surface area (Å²) in [7, 11) is 0. The minimum absolute atomic E-state index is 0.0994. The maximum Gasteiger partial charge on any atom is 0.251 e. The third kappa shape index (κ3) is 4.83. The molecule has 5 heteroatoms. The number of benzene rings is 2. The quantitative estimate of drug-likeness (QED) is 0.875. The van der Waals surface area contributed by atoms with Crippen LogP contribution in [0.4, 0.5) is 5.69 Å². The highest BCUT2D eigenvalue weighted by Gasteiger charge is 2.11. The van der Waals surface area contributed by atoms with Crippen LogP contribution >= 0.6 is 11.6 Å². The number of amides is 2. The molecule has 0 saturated carbocycles. The van der Waals surface area contributed by atoms with E-state index in [0.717, 1.165) is 11.3 Å². The van der Waals surface area contributed by atoms with Gasteiger partial charge < -0.3 is 10.6 Å². The van der Waals surface area contributed by atoms with Crippen LogP contribution in [0, 0.1) is 0 Å². The number of hydrogen-bond acceptors (Lipinski definition) is 2. The van der Waals surface area contributed by atoms with Crippen LogP contribution in [-0.4, -0.2) is 18.4 Å². The van der Waals surface area contributed by atoms with Crippen molar-refractivity contribution in [3.05, 3.63) is 64.7 Å². The van der Waals surface area contributed by atoms with Gasteiger partial charge in [0.2, 0.25) is 5.91 Å². The van der Waals surface area contributed by atoms with E-state index < -0.39 is 0 Å². The highest BCUT2D eigenvalue weighted by atomic mass is 35.5. The lowest BCUT2D eigenvalue weighted by atomic mass is 10.0. The van der Waals surface area contributed by atoms with Crippen LogP contribution in [0.1, 0.15) is 35.7 Å². The van der Waals surface area contributed by atoms with Gasteiger partial charge in [-0.25, -0.2) is 0 Å². The van der Waals surface area contributed by atoms with E-state index in [1.54, 1.807) is 24.3 Å². The fraction of sp³-hybridized carbons (Fsp3) is 0.222. The van der Waals surface area contributed by atoms with E-state index in [2.05, 4.69) is 24.5 Å². The number of hydrogen-bond donors (Lipinski definition) is 2. The van der Waals surface area contributed by atoms with Crippen LogP contribution in [0.25, 0.3) is 0 Å². The summed E-state index contributed by atoms with van der Waals surface area (Å²) in [5, 5.41) is 5.90. The van der Waals surface area contributed by atoms with E-state index in [1.807, 2.05) is 24.3 Å². The zero-order valence-electron chi connectivity index (χ0n) is 13.1. The Morgan fingerprint density at radius 2 is 1.83 bits per heavy atom. The molecule has 0 aromatic heterocycles. The average Bonchev–Trinajstić information content (AvgIpc) is 2.53. The molecule has 2 aromatic rings. The lowest BCUT2D eigenvalue weighted by Gasteiger charge is -2.14. The Hall–Kier alpha value is -2.33. The molecule has 0 heterocycles. The van der Waals surface area contributed by atoms with Crippen molar-refractivity contribution in [2.24, 2.45) is 0 Å². The van der Waals surface area contributed by atoms with E-state index in [0.29, 0.717) is 16.5 Å². The van der Waals surface area contributed by atoms with Gasteiger partial charge >= 0.3 is 0 Å². The van der Waals surface area contributed by atoms with Gasteiger partial charge in [0.15, 0.2) is 0 Å². The first kappa shape index (κ1) is 17.0.